The lowest BCUT2D eigenvalue weighted by Crippen LogP contribution is -2.35. The molecule has 1 atom stereocenters. The number of ketones is 1. The lowest BCUT2D eigenvalue weighted by Gasteiger charge is -2.35. The Morgan fingerprint density at radius 3 is 2.71 bits per heavy atom. The molecule has 0 radical (unpaired) electrons. The normalized spacial score (nSPS) is 18.3. The van der Waals surface area contributed by atoms with E-state index >= 15 is 0 Å². The summed E-state index contributed by atoms with van der Waals surface area (Å²) in [6.07, 6.45) is 3.64. The van der Waals surface area contributed by atoms with Gasteiger partial charge in [-0.25, -0.2) is 4.98 Å². The van der Waals surface area contributed by atoms with Gasteiger partial charge in [0.1, 0.15) is 17.3 Å². The molecule has 0 saturated heterocycles. The topological polar surface area (TPSA) is 89.5 Å². The van der Waals surface area contributed by atoms with Crippen LogP contribution in [-0.4, -0.2) is 30.9 Å². The molecule has 2 aliphatic rings. The van der Waals surface area contributed by atoms with Crippen molar-refractivity contribution in [2.45, 2.75) is 32.1 Å². The summed E-state index contributed by atoms with van der Waals surface area (Å²) in [7, 11) is 3.15. The molecule has 7 heteroatoms. The maximum Gasteiger partial charge on any atom is 0.255 e. The van der Waals surface area contributed by atoms with Crippen LogP contribution < -0.4 is 20.1 Å². The van der Waals surface area contributed by atoms with Gasteiger partial charge in [0.2, 0.25) is 0 Å². The van der Waals surface area contributed by atoms with Crippen LogP contribution in [-0.2, 0) is 9.59 Å². The molecule has 31 heavy (non-hydrogen) atoms. The molecule has 7 nitrogen and oxygen atoms in total. The molecule has 0 saturated carbocycles. The number of methoxy groups -OCH3 is 2. The van der Waals surface area contributed by atoms with Crippen LogP contribution in [0.1, 0.15) is 37.7 Å². The quantitative estimate of drug-likeness (QED) is 0.768. The van der Waals surface area contributed by atoms with Crippen molar-refractivity contribution in [3.8, 4) is 11.5 Å². The summed E-state index contributed by atoms with van der Waals surface area (Å²) in [6, 6.07) is 10.8. The van der Waals surface area contributed by atoms with Gasteiger partial charge in [-0.1, -0.05) is 12.1 Å². The van der Waals surface area contributed by atoms with Gasteiger partial charge in [-0.05, 0) is 38.0 Å². The van der Waals surface area contributed by atoms with Crippen LogP contribution in [0.3, 0.4) is 0 Å². The number of carbonyl (C=O) groups is 2. The number of nitrogens with zero attached hydrogens (tertiary/aromatic N) is 1. The molecule has 0 spiro atoms. The molecule has 160 valence electrons. The fourth-order valence-electron chi connectivity index (χ4n) is 4.27. The number of ether oxygens (including phenoxy) is 2. The van der Waals surface area contributed by atoms with E-state index in [0.717, 1.165) is 24.1 Å². The summed E-state index contributed by atoms with van der Waals surface area (Å²) in [5, 5.41) is 6.18. The Labute approximate surface area is 181 Å². The molecule has 1 aromatic carbocycles. The Kier molecular flexibility index (Phi) is 5.75. The molecule has 2 heterocycles. The van der Waals surface area contributed by atoms with Crippen molar-refractivity contribution in [3.63, 3.8) is 0 Å². The van der Waals surface area contributed by atoms with Gasteiger partial charge in [-0.2, -0.15) is 0 Å². The number of Topliss-reactive ketones (excluding diaryl/α,β-unsaturated/α-hetero) is 1. The van der Waals surface area contributed by atoms with Crippen molar-refractivity contribution >= 4 is 17.5 Å². The van der Waals surface area contributed by atoms with Gasteiger partial charge in [0.25, 0.3) is 5.91 Å². The number of hydrogen-bond acceptors (Lipinski definition) is 6. The Balaban J connectivity index is 1.85. The van der Waals surface area contributed by atoms with Crippen LogP contribution in [0.2, 0.25) is 0 Å². The van der Waals surface area contributed by atoms with Crippen LogP contribution in [0, 0.1) is 0 Å². The van der Waals surface area contributed by atoms with Gasteiger partial charge >= 0.3 is 0 Å². The van der Waals surface area contributed by atoms with Gasteiger partial charge in [0, 0.05) is 46.8 Å². The van der Waals surface area contributed by atoms with Gasteiger partial charge in [-0.15, -0.1) is 0 Å². The minimum absolute atomic E-state index is 0.0484. The van der Waals surface area contributed by atoms with Crippen LogP contribution >= 0.6 is 0 Å². The first-order valence-electron chi connectivity index (χ1n) is 10.2. The number of amides is 1. The third kappa shape index (κ3) is 3.91. The minimum atomic E-state index is -0.548. The molecule has 0 bridgehead atoms. The number of rotatable bonds is 5. The lowest BCUT2D eigenvalue weighted by atomic mass is 9.74. The maximum atomic E-state index is 13.4. The lowest BCUT2D eigenvalue weighted by molar-refractivity contribution is -0.116. The summed E-state index contributed by atoms with van der Waals surface area (Å²) in [6.45, 7) is 1.86. The van der Waals surface area contributed by atoms with E-state index in [1.807, 2.05) is 19.1 Å². The van der Waals surface area contributed by atoms with E-state index in [2.05, 4.69) is 15.6 Å². The monoisotopic (exact) mass is 419 g/mol. The molecular weight excluding hydrogens is 394 g/mol. The largest absolute Gasteiger partial charge is 0.497 e. The zero-order valence-corrected chi connectivity index (χ0v) is 17.8. The standard InChI is InChI=1S/C24H25N3O4/c1-14-21(24(29)27-20-9-4-5-12-25-20)22(23-17(26-14)7-6-8-18(23)28)16-11-10-15(30-2)13-19(16)31-3/h4-5,9-13,22,26H,6-8H2,1-3H3,(H,25,27,29). The van der Waals surface area contributed by atoms with E-state index in [9.17, 15) is 9.59 Å². The molecule has 2 aromatic rings. The predicted octanol–water partition coefficient (Wildman–Crippen LogP) is 3.71. The Bertz CT molecular complexity index is 1090. The maximum absolute atomic E-state index is 13.4. The van der Waals surface area contributed by atoms with Crippen molar-refractivity contribution in [1.82, 2.24) is 10.3 Å². The van der Waals surface area contributed by atoms with Gasteiger partial charge in [-0.3, -0.25) is 9.59 Å². The van der Waals surface area contributed by atoms with Crippen molar-refractivity contribution in [3.05, 3.63) is 70.7 Å². The Hall–Kier alpha value is -3.61. The second-order valence-electron chi connectivity index (χ2n) is 7.54. The third-order valence-corrected chi connectivity index (χ3v) is 5.68. The van der Waals surface area contributed by atoms with Crippen molar-refractivity contribution < 1.29 is 19.1 Å². The van der Waals surface area contributed by atoms with Crippen LogP contribution in [0.4, 0.5) is 5.82 Å². The average Bonchev–Trinajstić information content (AvgIpc) is 2.78. The summed E-state index contributed by atoms with van der Waals surface area (Å²) < 4.78 is 11.0. The SMILES string of the molecule is COc1ccc(C2C(C(=O)Nc3ccccn3)=C(C)NC3=C2C(=O)CCC3)c(OC)c1. The van der Waals surface area contributed by atoms with E-state index in [1.54, 1.807) is 44.7 Å². The molecule has 1 unspecified atom stereocenters. The van der Waals surface area contributed by atoms with Gasteiger partial charge < -0.3 is 20.1 Å². The van der Waals surface area contributed by atoms with E-state index in [0.29, 0.717) is 40.6 Å². The number of aromatic nitrogens is 1. The zero-order valence-electron chi connectivity index (χ0n) is 17.8. The number of nitrogens with one attached hydrogen (secondary N) is 2. The Morgan fingerprint density at radius 2 is 2.00 bits per heavy atom. The average molecular weight is 419 g/mol. The Morgan fingerprint density at radius 1 is 1.16 bits per heavy atom. The van der Waals surface area contributed by atoms with E-state index in [-0.39, 0.29) is 11.7 Å². The molecule has 2 N–H and O–H groups in total. The number of benzene rings is 1. The highest BCUT2D eigenvalue weighted by Crippen LogP contribution is 2.45. The molecule has 1 aliphatic carbocycles. The van der Waals surface area contributed by atoms with E-state index in [1.165, 1.54) is 0 Å². The van der Waals surface area contributed by atoms with Crippen LogP contribution in [0.25, 0.3) is 0 Å². The fourth-order valence-corrected chi connectivity index (χ4v) is 4.27. The first-order chi connectivity index (χ1) is 15.0. The zero-order chi connectivity index (χ0) is 22.0. The number of dihydropyridines is 1. The van der Waals surface area contributed by atoms with Crippen molar-refractivity contribution in [1.29, 1.82) is 0 Å². The van der Waals surface area contributed by atoms with Gasteiger partial charge in [0.05, 0.1) is 20.1 Å². The molecule has 4 rings (SSSR count). The van der Waals surface area contributed by atoms with Crippen molar-refractivity contribution in [2.75, 3.05) is 19.5 Å². The summed E-state index contributed by atoms with van der Waals surface area (Å²) in [5.74, 6) is 0.840. The number of hydrogen-bond donors (Lipinski definition) is 2. The van der Waals surface area contributed by atoms with Crippen LogP contribution in [0.15, 0.2) is 65.1 Å². The second-order valence-corrected chi connectivity index (χ2v) is 7.54. The first-order valence-corrected chi connectivity index (χ1v) is 10.2. The number of anilines is 1. The predicted molar refractivity (Wildman–Crippen MR) is 117 cm³/mol. The summed E-state index contributed by atoms with van der Waals surface area (Å²) in [5.41, 5.74) is 3.45. The van der Waals surface area contributed by atoms with E-state index < -0.39 is 5.92 Å². The molecule has 1 aromatic heterocycles. The van der Waals surface area contributed by atoms with Gasteiger partial charge in [0.15, 0.2) is 5.78 Å². The smallest absolute Gasteiger partial charge is 0.255 e. The van der Waals surface area contributed by atoms with E-state index in [4.69, 9.17) is 9.47 Å². The van der Waals surface area contributed by atoms with Crippen molar-refractivity contribution in [2.24, 2.45) is 0 Å². The second kappa shape index (κ2) is 8.63. The highest BCUT2D eigenvalue weighted by molar-refractivity contribution is 6.09. The number of carbonyl (C=O) groups excluding carboxylic acids is 2. The molecule has 1 aliphatic heterocycles. The highest BCUT2D eigenvalue weighted by atomic mass is 16.5. The molecule has 0 fully saturated rings. The third-order valence-electron chi connectivity index (χ3n) is 5.68. The molecule has 1 amide bonds. The number of allylic oxidation sites excluding steroid dienone is 3. The highest BCUT2D eigenvalue weighted by Gasteiger charge is 2.39. The summed E-state index contributed by atoms with van der Waals surface area (Å²) in [4.78, 5) is 30.6. The first kappa shape index (κ1) is 20.7. The summed E-state index contributed by atoms with van der Waals surface area (Å²) >= 11 is 0. The molecular formula is C24H25N3O4. The number of pyridine rings is 1. The van der Waals surface area contributed by atoms with Crippen LogP contribution in [0.5, 0.6) is 11.5 Å². The minimum Gasteiger partial charge on any atom is -0.497 e. The fraction of sp³-hybridized carbons (Fsp3) is 0.292.